The fourth-order valence-electron chi connectivity index (χ4n) is 2.11. The summed E-state index contributed by atoms with van der Waals surface area (Å²) >= 11 is 9.22. The van der Waals surface area contributed by atoms with E-state index < -0.39 is 0 Å². The Morgan fingerprint density at radius 3 is 2.88 bits per heavy atom. The molecule has 0 aliphatic heterocycles. The predicted octanol–water partition coefficient (Wildman–Crippen LogP) is 4.11. The molecular weight excluding hydrogens is 394 g/mol. The molecular formula is C17H13BrClN3O2. The first-order chi connectivity index (χ1) is 11.6. The number of halogens is 2. The van der Waals surface area contributed by atoms with Crippen LogP contribution >= 0.6 is 27.5 Å². The monoisotopic (exact) mass is 405 g/mol. The van der Waals surface area contributed by atoms with Crippen molar-refractivity contribution in [2.75, 3.05) is 6.61 Å². The summed E-state index contributed by atoms with van der Waals surface area (Å²) in [4.78, 5) is 14.9. The van der Waals surface area contributed by atoms with Crippen molar-refractivity contribution in [3.05, 3.63) is 63.7 Å². The van der Waals surface area contributed by atoms with E-state index in [4.69, 9.17) is 16.3 Å². The van der Waals surface area contributed by atoms with Gasteiger partial charge in [0.05, 0.1) is 6.21 Å². The number of amides is 1. The number of nitrogens with zero attached hydrogens (tertiary/aromatic N) is 1. The van der Waals surface area contributed by atoms with Crippen LogP contribution in [0.1, 0.15) is 5.56 Å². The van der Waals surface area contributed by atoms with E-state index in [9.17, 15) is 4.79 Å². The van der Waals surface area contributed by atoms with Gasteiger partial charge in [0.2, 0.25) is 0 Å². The third-order valence-electron chi connectivity index (χ3n) is 3.25. The molecule has 0 saturated carbocycles. The summed E-state index contributed by atoms with van der Waals surface area (Å²) < 4.78 is 6.32. The summed E-state index contributed by atoms with van der Waals surface area (Å²) in [6.07, 6.45) is 3.42. The molecule has 3 rings (SSSR count). The van der Waals surface area contributed by atoms with Gasteiger partial charge in [-0.2, -0.15) is 5.10 Å². The minimum Gasteiger partial charge on any atom is -0.484 e. The Morgan fingerprint density at radius 2 is 2.08 bits per heavy atom. The summed E-state index contributed by atoms with van der Waals surface area (Å²) in [5.41, 5.74) is 4.31. The zero-order valence-electron chi connectivity index (χ0n) is 12.4. The number of aromatic nitrogens is 1. The van der Waals surface area contributed by atoms with Crippen LogP contribution < -0.4 is 10.2 Å². The minimum atomic E-state index is -0.345. The first kappa shape index (κ1) is 16.5. The van der Waals surface area contributed by atoms with Crippen LogP contribution in [0, 0.1) is 0 Å². The lowest BCUT2D eigenvalue weighted by atomic mass is 10.2. The van der Waals surface area contributed by atoms with Crippen LogP contribution in [0.15, 0.2) is 58.2 Å². The van der Waals surface area contributed by atoms with Gasteiger partial charge in [-0.3, -0.25) is 4.79 Å². The van der Waals surface area contributed by atoms with Crippen LogP contribution in [0.3, 0.4) is 0 Å². The topological polar surface area (TPSA) is 66.5 Å². The van der Waals surface area contributed by atoms with Gasteiger partial charge in [-0.15, -0.1) is 0 Å². The Bertz CT molecular complexity index is 890. The smallest absolute Gasteiger partial charge is 0.277 e. The maximum absolute atomic E-state index is 11.7. The number of aromatic amines is 1. The maximum Gasteiger partial charge on any atom is 0.277 e. The number of carbonyl (C=O) groups excluding carboxylic acids is 1. The summed E-state index contributed by atoms with van der Waals surface area (Å²) in [6.45, 7) is -0.127. The molecule has 1 aromatic heterocycles. The first-order valence-corrected chi connectivity index (χ1v) is 8.26. The van der Waals surface area contributed by atoms with Gasteiger partial charge >= 0.3 is 0 Å². The Labute approximate surface area is 151 Å². The number of hydrogen-bond donors (Lipinski definition) is 2. The molecule has 24 heavy (non-hydrogen) atoms. The van der Waals surface area contributed by atoms with Crippen molar-refractivity contribution in [2.45, 2.75) is 0 Å². The zero-order valence-corrected chi connectivity index (χ0v) is 14.8. The fraction of sp³-hybridized carbons (Fsp3) is 0.0588. The van der Waals surface area contributed by atoms with Gasteiger partial charge in [0.25, 0.3) is 5.91 Å². The van der Waals surface area contributed by atoms with Crippen LogP contribution in [-0.4, -0.2) is 23.7 Å². The van der Waals surface area contributed by atoms with E-state index in [0.29, 0.717) is 10.8 Å². The Morgan fingerprint density at radius 1 is 1.29 bits per heavy atom. The highest BCUT2D eigenvalue weighted by molar-refractivity contribution is 9.10. The molecule has 1 amide bonds. The van der Waals surface area contributed by atoms with Crippen molar-refractivity contribution < 1.29 is 9.53 Å². The average molecular weight is 407 g/mol. The van der Waals surface area contributed by atoms with Gasteiger partial charge < -0.3 is 9.72 Å². The van der Waals surface area contributed by atoms with Crippen LogP contribution in [-0.2, 0) is 4.79 Å². The summed E-state index contributed by atoms with van der Waals surface area (Å²) in [5, 5.41) is 5.59. The average Bonchev–Trinajstić information content (AvgIpc) is 2.97. The molecule has 3 aromatic rings. The molecule has 122 valence electrons. The number of rotatable bonds is 5. The SMILES string of the molecule is O=C(COc1ccc(Cl)cc1)N/N=C/c1c[nH]c2ccc(Br)cc12. The van der Waals surface area contributed by atoms with E-state index >= 15 is 0 Å². The third kappa shape index (κ3) is 4.15. The number of H-pyrrole nitrogens is 1. The number of carbonyl (C=O) groups is 1. The molecule has 0 unspecified atom stereocenters. The van der Waals surface area contributed by atoms with E-state index in [1.165, 1.54) is 0 Å². The van der Waals surface area contributed by atoms with Crippen molar-refractivity contribution in [1.29, 1.82) is 0 Å². The lowest BCUT2D eigenvalue weighted by Gasteiger charge is -2.04. The molecule has 0 aliphatic carbocycles. The number of fused-ring (bicyclic) bond motifs is 1. The number of benzene rings is 2. The fourth-order valence-corrected chi connectivity index (χ4v) is 2.59. The van der Waals surface area contributed by atoms with Gasteiger partial charge in [-0.25, -0.2) is 5.43 Å². The minimum absolute atomic E-state index is 0.127. The Balaban J connectivity index is 1.56. The Kier molecular flexibility index (Phi) is 5.17. The number of ether oxygens (including phenoxy) is 1. The van der Waals surface area contributed by atoms with E-state index in [-0.39, 0.29) is 12.5 Å². The van der Waals surface area contributed by atoms with Crippen molar-refractivity contribution >= 4 is 50.6 Å². The van der Waals surface area contributed by atoms with Crippen LogP contribution in [0.4, 0.5) is 0 Å². The lowest BCUT2D eigenvalue weighted by Crippen LogP contribution is -2.24. The second-order valence-electron chi connectivity index (χ2n) is 4.97. The normalized spacial score (nSPS) is 11.1. The molecule has 0 saturated heterocycles. The third-order valence-corrected chi connectivity index (χ3v) is 4.00. The highest BCUT2D eigenvalue weighted by atomic mass is 79.9. The standard InChI is InChI=1S/C17H13BrClN3O2/c18-12-1-6-16-15(7-12)11(8-20-16)9-21-22-17(23)10-24-14-4-2-13(19)3-5-14/h1-9,20H,10H2,(H,22,23)/b21-9+. The van der Waals surface area contributed by atoms with Gasteiger partial charge in [-0.1, -0.05) is 27.5 Å². The van der Waals surface area contributed by atoms with Crippen molar-refractivity contribution in [3.8, 4) is 5.75 Å². The molecule has 2 aromatic carbocycles. The van der Waals surface area contributed by atoms with Gasteiger partial charge in [0, 0.05) is 32.2 Å². The highest BCUT2D eigenvalue weighted by Crippen LogP contribution is 2.21. The Hall–Kier alpha value is -2.31. The molecule has 1 heterocycles. The quantitative estimate of drug-likeness (QED) is 0.494. The predicted molar refractivity (Wildman–Crippen MR) is 98.7 cm³/mol. The summed E-state index contributed by atoms with van der Waals surface area (Å²) in [7, 11) is 0. The first-order valence-electron chi connectivity index (χ1n) is 7.09. The van der Waals surface area contributed by atoms with Gasteiger partial charge in [0.15, 0.2) is 6.61 Å². The van der Waals surface area contributed by atoms with Gasteiger partial charge in [-0.05, 0) is 42.5 Å². The van der Waals surface area contributed by atoms with Crippen molar-refractivity contribution in [1.82, 2.24) is 10.4 Å². The van der Waals surface area contributed by atoms with E-state index in [1.807, 2.05) is 24.4 Å². The van der Waals surface area contributed by atoms with Crippen molar-refractivity contribution in [2.24, 2.45) is 5.10 Å². The number of nitrogens with one attached hydrogen (secondary N) is 2. The largest absolute Gasteiger partial charge is 0.484 e. The lowest BCUT2D eigenvalue weighted by molar-refractivity contribution is -0.123. The van der Waals surface area contributed by atoms with Crippen LogP contribution in [0.2, 0.25) is 5.02 Å². The number of hydrazone groups is 1. The highest BCUT2D eigenvalue weighted by Gasteiger charge is 2.03. The molecule has 0 fully saturated rings. The molecule has 0 aliphatic rings. The summed E-state index contributed by atoms with van der Waals surface area (Å²) in [5.74, 6) is 0.224. The molecule has 2 N–H and O–H groups in total. The van der Waals surface area contributed by atoms with E-state index in [0.717, 1.165) is 20.9 Å². The van der Waals surface area contributed by atoms with Crippen molar-refractivity contribution in [3.63, 3.8) is 0 Å². The molecule has 0 atom stereocenters. The zero-order chi connectivity index (χ0) is 16.9. The van der Waals surface area contributed by atoms with E-state index in [1.54, 1.807) is 30.5 Å². The molecule has 5 nitrogen and oxygen atoms in total. The second-order valence-corrected chi connectivity index (χ2v) is 6.32. The van der Waals surface area contributed by atoms with Crippen LogP contribution in [0.25, 0.3) is 10.9 Å². The van der Waals surface area contributed by atoms with Gasteiger partial charge in [0.1, 0.15) is 5.75 Å². The van der Waals surface area contributed by atoms with Crippen LogP contribution in [0.5, 0.6) is 5.75 Å². The maximum atomic E-state index is 11.7. The molecule has 0 spiro atoms. The second kappa shape index (κ2) is 7.51. The van der Waals surface area contributed by atoms with E-state index in [2.05, 4.69) is 31.4 Å². The molecule has 7 heteroatoms. The molecule has 0 bridgehead atoms. The summed E-state index contributed by atoms with van der Waals surface area (Å²) in [6, 6.07) is 12.7. The molecule has 0 radical (unpaired) electrons. The number of hydrogen-bond acceptors (Lipinski definition) is 3.